The molecular weight excluding hydrogens is 298 g/mol. The lowest BCUT2D eigenvalue weighted by atomic mass is 10.3. The number of nitrogens with zero attached hydrogens (tertiary/aromatic N) is 3. The van der Waals surface area contributed by atoms with Gasteiger partial charge in [0, 0.05) is 33.4 Å². The Kier molecular flexibility index (Phi) is 5.87. The van der Waals surface area contributed by atoms with E-state index in [1.165, 1.54) is 14.1 Å². The van der Waals surface area contributed by atoms with Crippen LogP contribution >= 0.6 is 0 Å². The van der Waals surface area contributed by atoms with E-state index < -0.39 is 26.2 Å². The zero-order chi connectivity index (χ0) is 16.2. The van der Waals surface area contributed by atoms with Crippen molar-refractivity contribution in [2.75, 3.05) is 19.7 Å². The molecule has 21 heavy (non-hydrogen) atoms. The average molecular weight is 319 g/mol. The van der Waals surface area contributed by atoms with E-state index in [1.54, 1.807) is 0 Å². The molecule has 0 spiro atoms. The molecule has 0 radical (unpaired) electrons. The summed E-state index contributed by atoms with van der Waals surface area (Å²) in [6.45, 7) is 1.70. The smallest absolute Gasteiger partial charge is 0.330 e. The Balaban J connectivity index is 3.41. The number of hydrogen-bond donors (Lipinski definition) is 1. The van der Waals surface area contributed by atoms with E-state index in [0.717, 1.165) is 26.1 Å². The molecule has 0 amide bonds. The van der Waals surface area contributed by atoms with E-state index in [0.29, 0.717) is 6.42 Å². The molecule has 1 heterocycles. The first-order valence-corrected chi connectivity index (χ1v) is 8.09. The quantitative estimate of drug-likeness (QED) is 0.685. The Morgan fingerprint density at radius 1 is 1.24 bits per heavy atom. The van der Waals surface area contributed by atoms with Gasteiger partial charge in [-0.25, -0.2) is 13.2 Å². The van der Waals surface area contributed by atoms with Crippen LogP contribution < -0.4 is 11.2 Å². The van der Waals surface area contributed by atoms with Crippen molar-refractivity contribution in [3.63, 3.8) is 0 Å². The molecule has 0 unspecified atom stereocenters. The maximum absolute atomic E-state index is 12.6. The summed E-state index contributed by atoms with van der Waals surface area (Å²) in [5, 5.41) is 9.02. The summed E-state index contributed by atoms with van der Waals surface area (Å²) in [5.74, 6) is 0. The standard InChI is InChI=1S/C12H21N3O5S/c1-4-5-6-15(7-8-16)21(19,20)10-9-13(2)12(18)14(3)11(10)17/h9,16H,4-8H2,1-3H3. The summed E-state index contributed by atoms with van der Waals surface area (Å²) in [6, 6.07) is 0. The van der Waals surface area contributed by atoms with Crippen molar-refractivity contribution < 1.29 is 13.5 Å². The molecule has 0 bridgehead atoms. The summed E-state index contributed by atoms with van der Waals surface area (Å²) in [7, 11) is -1.44. The van der Waals surface area contributed by atoms with Crippen molar-refractivity contribution >= 4 is 10.0 Å². The Bertz CT molecular complexity index is 705. The molecule has 1 rings (SSSR count). The molecule has 0 aliphatic carbocycles. The molecule has 1 N–H and O–H groups in total. The van der Waals surface area contributed by atoms with Crippen LogP contribution in [-0.2, 0) is 24.1 Å². The van der Waals surface area contributed by atoms with Gasteiger partial charge in [0.05, 0.1) is 6.61 Å². The molecule has 120 valence electrons. The van der Waals surface area contributed by atoms with Gasteiger partial charge in [0.15, 0.2) is 4.90 Å². The van der Waals surface area contributed by atoms with Gasteiger partial charge in [0.25, 0.3) is 5.56 Å². The Morgan fingerprint density at radius 2 is 1.86 bits per heavy atom. The van der Waals surface area contributed by atoms with Gasteiger partial charge in [-0.2, -0.15) is 4.31 Å². The van der Waals surface area contributed by atoms with Crippen LogP contribution in [0.25, 0.3) is 0 Å². The minimum atomic E-state index is -4.05. The molecular formula is C12H21N3O5S. The van der Waals surface area contributed by atoms with Crippen molar-refractivity contribution in [2.24, 2.45) is 14.1 Å². The summed E-state index contributed by atoms with van der Waals surface area (Å²) < 4.78 is 28.0. The zero-order valence-electron chi connectivity index (χ0n) is 12.4. The topological polar surface area (TPSA) is 102 Å². The number of aliphatic hydroxyl groups is 1. The van der Waals surface area contributed by atoms with Crippen molar-refractivity contribution in [2.45, 2.75) is 24.7 Å². The van der Waals surface area contributed by atoms with Crippen LogP contribution in [0.2, 0.25) is 0 Å². The summed E-state index contributed by atoms with van der Waals surface area (Å²) in [6.07, 6.45) is 2.42. The van der Waals surface area contributed by atoms with Crippen LogP contribution in [0.3, 0.4) is 0 Å². The van der Waals surface area contributed by atoms with Crippen molar-refractivity contribution in [3.8, 4) is 0 Å². The summed E-state index contributed by atoms with van der Waals surface area (Å²) in [5.41, 5.74) is -1.46. The molecule has 0 aromatic carbocycles. The highest BCUT2D eigenvalue weighted by molar-refractivity contribution is 7.89. The maximum atomic E-state index is 12.6. The second-order valence-corrected chi connectivity index (χ2v) is 6.64. The predicted octanol–water partition coefficient (Wildman–Crippen LogP) is -1.13. The van der Waals surface area contributed by atoms with Crippen LogP contribution in [0.5, 0.6) is 0 Å². The van der Waals surface area contributed by atoms with E-state index >= 15 is 0 Å². The van der Waals surface area contributed by atoms with Gasteiger partial charge >= 0.3 is 5.69 Å². The summed E-state index contributed by atoms with van der Waals surface area (Å²) in [4.78, 5) is 23.2. The SMILES string of the molecule is CCCCN(CCO)S(=O)(=O)c1cn(C)c(=O)n(C)c1=O. The zero-order valence-corrected chi connectivity index (χ0v) is 13.3. The van der Waals surface area contributed by atoms with Crippen molar-refractivity contribution in [3.05, 3.63) is 27.0 Å². The van der Waals surface area contributed by atoms with E-state index in [4.69, 9.17) is 5.11 Å². The van der Waals surface area contributed by atoms with Gasteiger partial charge in [-0.1, -0.05) is 13.3 Å². The maximum Gasteiger partial charge on any atom is 0.330 e. The number of rotatable bonds is 7. The minimum Gasteiger partial charge on any atom is -0.395 e. The average Bonchev–Trinajstić information content (AvgIpc) is 2.44. The fraction of sp³-hybridized carbons (Fsp3) is 0.667. The summed E-state index contributed by atoms with van der Waals surface area (Å²) >= 11 is 0. The molecule has 0 fully saturated rings. The van der Waals surface area contributed by atoms with E-state index in [-0.39, 0.29) is 19.7 Å². The third kappa shape index (κ3) is 3.60. The highest BCUT2D eigenvalue weighted by Crippen LogP contribution is 2.11. The van der Waals surface area contributed by atoms with E-state index in [9.17, 15) is 18.0 Å². The van der Waals surface area contributed by atoms with Crippen LogP contribution in [0.4, 0.5) is 0 Å². The predicted molar refractivity (Wildman–Crippen MR) is 77.7 cm³/mol. The Morgan fingerprint density at radius 3 is 2.38 bits per heavy atom. The number of aryl methyl sites for hydroxylation is 1. The number of aliphatic hydroxyl groups excluding tert-OH is 1. The molecule has 0 aliphatic rings. The van der Waals surface area contributed by atoms with Crippen LogP contribution in [0.1, 0.15) is 19.8 Å². The normalized spacial score (nSPS) is 12.0. The molecule has 8 nitrogen and oxygen atoms in total. The van der Waals surface area contributed by atoms with Crippen LogP contribution in [0, 0.1) is 0 Å². The first-order chi connectivity index (χ1) is 9.77. The third-order valence-electron chi connectivity index (χ3n) is 3.14. The highest BCUT2D eigenvalue weighted by atomic mass is 32.2. The lowest BCUT2D eigenvalue weighted by molar-refractivity contribution is 0.252. The molecule has 0 atom stereocenters. The minimum absolute atomic E-state index is 0.0890. The number of sulfonamides is 1. The van der Waals surface area contributed by atoms with Gasteiger partial charge in [-0.15, -0.1) is 0 Å². The van der Waals surface area contributed by atoms with Crippen molar-refractivity contribution in [1.82, 2.24) is 13.4 Å². The lowest BCUT2D eigenvalue weighted by Gasteiger charge is -2.21. The molecule has 9 heteroatoms. The Labute approximate surface area is 123 Å². The molecule has 1 aromatic rings. The number of unbranched alkanes of at least 4 members (excludes halogenated alkanes) is 1. The fourth-order valence-corrected chi connectivity index (χ4v) is 3.51. The number of aromatic nitrogens is 2. The fourth-order valence-electron chi connectivity index (χ4n) is 1.89. The molecule has 0 saturated heterocycles. The molecule has 0 aliphatic heterocycles. The van der Waals surface area contributed by atoms with Gasteiger partial charge in [0.1, 0.15) is 0 Å². The highest BCUT2D eigenvalue weighted by Gasteiger charge is 2.28. The lowest BCUT2D eigenvalue weighted by Crippen LogP contribution is -2.43. The third-order valence-corrected chi connectivity index (χ3v) is 5.02. The first-order valence-electron chi connectivity index (χ1n) is 6.65. The molecule has 1 aromatic heterocycles. The second kappa shape index (κ2) is 7.01. The Hall–Kier alpha value is -1.45. The van der Waals surface area contributed by atoms with Gasteiger partial charge in [-0.3, -0.25) is 9.36 Å². The monoisotopic (exact) mass is 319 g/mol. The number of hydrogen-bond acceptors (Lipinski definition) is 5. The molecule has 0 saturated carbocycles. The van der Waals surface area contributed by atoms with E-state index in [2.05, 4.69) is 0 Å². The van der Waals surface area contributed by atoms with Gasteiger partial charge in [0.2, 0.25) is 10.0 Å². The van der Waals surface area contributed by atoms with Crippen LogP contribution in [-0.4, -0.2) is 46.7 Å². The van der Waals surface area contributed by atoms with Crippen molar-refractivity contribution in [1.29, 1.82) is 0 Å². The van der Waals surface area contributed by atoms with Gasteiger partial charge in [-0.05, 0) is 6.42 Å². The van der Waals surface area contributed by atoms with Crippen LogP contribution in [0.15, 0.2) is 20.7 Å². The van der Waals surface area contributed by atoms with E-state index in [1.807, 2.05) is 6.92 Å². The first kappa shape index (κ1) is 17.6. The largest absolute Gasteiger partial charge is 0.395 e. The second-order valence-electron chi connectivity index (χ2n) is 4.73. The van der Waals surface area contributed by atoms with Gasteiger partial charge < -0.3 is 9.67 Å².